The summed E-state index contributed by atoms with van der Waals surface area (Å²) in [7, 11) is -4.78. The van der Waals surface area contributed by atoms with Gasteiger partial charge in [0.15, 0.2) is 0 Å². The number of primary amides is 1. The predicted molar refractivity (Wildman–Crippen MR) is 168 cm³/mol. The zero-order valence-electron chi connectivity index (χ0n) is 25.2. The van der Waals surface area contributed by atoms with Gasteiger partial charge in [0.1, 0.15) is 23.9 Å². The first kappa shape index (κ1) is 34.5. The van der Waals surface area contributed by atoms with Crippen LogP contribution in [-0.2, 0) is 36.7 Å². The summed E-state index contributed by atoms with van der Waals surface area (Å²) >= 11 is 0. The summed E-state index contributed by atoms with van der Waals surface area (Å²) in [4.78, 5) is 70.9. The molecule has 0 spiro atoms. The molecule has 0 radical (unpaired) electrons. The molecule has 2 aliphatic rings. The summed E-state index contributed by atoms with van der Waals surface area (Å²) in [5.41, 5.74) is 11.8. The van der Waals surface area contributed by atoms with Crippen LogP contribution in [0, 0.1) is 5.92 Å². The van der Waals surface area contributed by atoms with Crippen LogP contribution in [0.3, 0.4) is 0 Å². The van der Waals surface area contributed by atoms with Crippen molar-refractivity contribution in [3.8, 4) is 5.75 Å². The minimum Gasteiger partial charge on any atom is -0.445 e. The number of phosphoric acid groups is 1. The lowest BCUT2D eigenvalue weighted by atomic mass is 9.79. The Morgan fingerprint density at radius 2 is 1.74 bits per heavy atom. The number of carbonyl (C=O) groups is 4. The van der Waals surface area contributed by atoms with Gasteiger partial charge in [-0.3, -0.25) is 24.2 Å². The van der Waals surface area contributed by atoms with Crippen molar-refractivity contribution >= 4 is 37.3 Å². The van der Waals surface area contributed by atoms with Crippen LogP contribution >= 0.6 is 7.82 Å². The number of nitrogen functional groups attached to an aromatic ring is 1. The molecular formula is C31H40N5O9P. The second kappa shape index (κ2) is 15.3. The van der Waals surface area contributed by atoms with Crippen molar-refractivity contribution < 1.29 is 42.8 Å². The monoisotopic (exact) mass is 657 g/mol. The lowest BCUT2D eigenvalue weighted by Gasteiger charge is -2.39. The Labute approximate surface area is 266 Å². The minimum atomic E-state index is -4.78. The number of rotatable bonds is 12. The fourth-order valence-corrected chi connectivity index (χ4v) is 6.16. The summed E-state index contributed by atoms with van der Waals surface area (Å²) in [5.74, 6) is -2.26. The summed E-state index contributed by atoms with van der Waals surface area (Å²) in [6, 6.07) is 10.6. The molecule has 0 aromatic heterocycles. The molecule has 2 aliphatic carbocycles. The van der Waals surface area contributed by atoms with Crippen LogP contribution in [0.2, 0.25) is 0 Å². The number of amides is 4. The van der Waals surface area contributed by atoms with Crippen LogP contribution in [0.1, 0.15) is 56.1 Å². The molecule has 1 saturated carbocycles. The second-order valence-corrected chi connectivity index (χ2v) is 12.8. The molecule has 2 aromatic rings. The lowest BCUT2D eigenvalue weighted by molar-refractivity contribution is -0.136. The van der Waals surface area contributed by atoms with E-state index in [4.69, 9.17) is 26.0 Å². The first-order valence-corrected chi connectivity index (χ1v) is 16.6. The molecule has 1 fully saturated rings. The smallest absolute Gasteiger partial charge is 0.445 e. The van der Waals surface area contributed by atoms with Crippen LogP contribution in [0.5, 0.6) is 5.75 Å². The molecule has 1 unspecified atom stereocenters. The fraction of sp³-hybridized carbons (Fsp3) is 0.419. The van der Waals surface area contributed by atoms with E-state index in [0.29, 0.717) is 55.3 Å². The van der Waals surface area contributed by atoms with Crippen molar-refractivity contribution in [1.29, 1.82) is 0 Å². The van der Waals surface area contributed by atoms with Crippen LogP contribution in [0.4, 0.5) is 10.5 Å². The van der Waals surface area contributed by atoms with Crippen LogP contribution in [-0.4, -0.2) is 51.2 Å². The maximum absolute atomic E-state index is 13.9. The van der Waals surface area contributed by atoms with Gasteiger partial charge in [-0.1, -0.05) is 55.7 Å². The van der Waals surface area contributed by atoms with Gasteiger partial charge in [0, 0.05) is 12.1 Å². The highest BCUT2D eigenvalue weighted by Gasteiger charge is 2.44. The average molecular weight is 658 g/mol. The molecule has 248 valence electrons. The van der Waals surface area contributed by atoms with E-state index in [1.54, 1.807) is 30.3 Å². The van der Waals surface area contributed by atoms with Gasteiger partial charge in [-0.05, 0) is 61.1 Å². The van der Waals surface area contributed by atoms with Gasteiger partial charge < -0.3 is 36.7 Å². The number of carbonyl (C=O) groups excluding carboxylic acids is 4. The first-order valence-electron chi connectivity index (χ1n) is 15.0. The maximum atomic E-state index is 13.9. The molecule has 0 saturated heterocycles. The Hall–Kier alpha value is -4.39. The number of ether oxygens (including phenoxy) is 1. The Balaban J connectivity index is 1.53. The molecule has 15 heteroatoms. The van der Waals surface area contributed by atoms with Gasteiger partial charge in [0.2, 0.25) is 17.7 Å². The van der Waals surface area contributed by atoms with Gasteiger partial charge in [-0.15, -0.1) is 0 Å². The predicted octanol–water partition coefficient (Wildman–Crippen LogP) is 2.33. The number of nitrogens with two attached hydrogens (primary N) is 2. The number of benzene rings is 2. The first-order chi connectivity index (χ1) is 21.8. The third kappa shape index (κ3) is 9.80. The Bertz CT molecular complexity index is 1490. The molecule has 3 atom stereocenters. The molecule has 0 aliphatic heterocycles. The van der Waals surface area contributed by atoms with Crippen LogP contribution in [0.15, 0.2) is 60.7 Å². The van der Waals surface area contributed by atoms with Gasteiger partial charge in [0.05, 0.1) is 12.0 Å². The zero-order valence-corrected chi connectivity index (χ0v) is 26.1. The van der Waals surface area contributed by atoms with E-state index in [-0.39, 0.29) is 18.8 Å². The third-order valence-corrected chi connectivity index (χ3v) is 8.55. The topological polar surface area (TPSA) is 232 Å². The number of hydrogen-bond acceptors (Lipinski definition) is 8. The van der Waals surface area contributed by atoms with E-state index < -0.39 is 55.2 Å². The SMILES string of the molecule is NC(=O)[C@H]1CCC=CC1NC(=O)C1(NC(=O)[C@H](Cc2ccc(OP(=O)(O)O)cc2)NC(=O)OCc2cccc(N)c2)CCCCC1. The third-order valence-electron chi connectivity index (χ3n) is 8.11. The van der Waals surface area contributed by atoms with Crippen molar-refractivity contribution in [3.05, 3.63) is 71.8 Å². The number of hydrogen-bond donors (Lipinski definition) is 7. The summed E-state index contributed by atoms with van der Waals surface area (Å²) < 4.78 is 21.1. The Morgan fingerprint density at radius 1 is 1.02 bits per heavy atom. The highest BCUT2D eigenvalue weighted by atomic mass is 31.2. The van der Waals surface area contributed by atoms with Crippen LogP contribution in [0.25, 0.3) is 0 Å². The van der Waals surface area contributed by atoms with E-state index in [1.165, 1.54) is 24.3 Å². The quantitative estimate of drug-likeness (QED) is 0.1000. The Kier molecular flexibility index (Phi) is 11.4. The van der Waals surface area contributed by atoms with Crippen molar-refractivity contribution in [2.45, 2.75) is 75.6 Å². The summed E-state index contributed by atoms with van der Waals surface area (Å²) in [6.45, 7) is -0.109. The average Bonchev–Trinajstić information content (AvgIpc) is 3.00. The molecular weight excluding hydrogens is 617 g/mol. The molecule has 4 amide bonds. The second-order valence-electron chi connectivity index (χ2n) is 11.6. The molecule has 14 nitrogen and oxygen atoms in total. The maximum Gasteiger partial charge on any atom is 0.524 e. The van der Waals surface area contributed by atoms with Crippen molar-refractivity contribution in [2.75, 3.05) is 5.73 Å². The molecule has 0 bridgehead atoms. The fourth-order valence-electron chi connectivity index (χ4n) is 5.76. The van der Waals surface area contributed by atoms with Crippen molar-refractivity contribution in [1.82, 2.24) is 16.0 Å². The molecule has 9 N–H and O–H groups in total. The number of allylic oxidation sites excluding steroid dienone is 1. The van der Waals surface area contributed by atoms with E-state index >= 15 is 0 Å². The lowest BCUT2D eigenvalue weighted by Crippen LogP contribution is -2.64. The molecule has 4 rings (SSSR count). The summed E-state index contributed by atoms with van der Waals surface area (Å²) in [6.07, 6.45) is 6.77. The zero-order chi connectivity index (χ0) is 33.3. The van der Waals surface area contributed by atoms with Gasteiger partial charge in [-0.25, -0.2) is 9.36 Å². The summed E-state index contributed by atoms with van der Waals surface area (Å²) in [5, 5.41) is 8.42. The normalized spacial score (nSPS) is 19.7. The van der Waals surface area contributed by atoms with Gasteiger partial charge in [0.25, 0.3) is 0 Å². The standard InChI is InChI=1S/C31H40N5O9P/c32-22-8-6-7-21(17-22)19-44-30(40)35-26(18-20-11-13-23(14-12-20)45-46(41,42)43)28(38)36-31(15-4-1-5-16-31)29(39)34-25-10-3-2-9-24(25)27(33)37/h3,6-8,10-14,17,24-26H,1-2,4-5,9,15-16,18-19,32H2,(H2,33,37)(H,34,39)(H,35,40)(H,36,38)(H2,41,42,43)/t24-,25?,26-/m0/s1. The molecule has 0 heterocycles. The highest BCUT2D eigenvalue weighted by Crippen LogP contribution is 2.37. The Morgan fingerprint density at radius 3 is 2.39 bits per heavy atom. The van der Waals surface area contributed by atoms with Crippen molar-refractivity contribution in [3.63, 3.8) is 0 Å². The van der Waals surface area contributed by atoms with Gasteiger partial charge in [-0.2, -0.15) is 0 Å². The van der Waals surface area contributed by atoms with Crippen molar-refractivity contribution in [2.24, 2.45) is 11.7 Å². The molecule has 46 heavy (non-hydrogen) atoms. The highest BCUT2D eigenvalue weighted by molar-refractivity contribution is 7.46. The number of nitrogens with one attached hydrogen (secondary N) is 3. The number of anilines is 1. The van der Waals surface area contributed by atoms with E-state index in [1.807, 2.05) is 6.08 Å². The van der Waals surface area contributed by atoms with Crippen LogP contribution < -0.4 is 31.9 Å². The minimum absolute atomic E-state index is 0.0534. The number of alkyl carbamates (subject to hydrolysis) is 1. The number of phosphoric ester groups is 1. The van der Waals surface area contributed by atoms with E-state index in [9.17, 15) is 23.7 Å². The van der Waals surface area contributed by atoms with E-state index in [0.717, 1.165) is 6.42 Å². The van der Waals surface area contributed by atoms with Gasteiger partial charge >= 0.3 is 13.9 Å². The largest absolute Gasteiger partial charge is 0.524 e. The molecule has 2 aromatic carbocycles. The van der Waals surface area contributed by atoms with E-state index in [2.05, 4.69) is 20.5 Å².